The molecule has 0 aromatic heterocycles. The van der Waals surface area contributed by atoms with Crippen molar-refractivity contribution in [1.29, 1.82) is 0 Å². The molecule has 1 fully saturated rings. The van der Waals surface area contributed by atoms with E-state index in [1.807, 2.05) is 31.2 Å². The molecule has 0 heterocycles. The van der Waals surface area contributed by atoms with Gasteiger partial charge in [-0.1, -0.05) is 38.8 Å². The van der Waals surface area contributed by atoms with Gasteiger partial charge < -0.3 is 20.9 Å². The Morgan fingerprint density at radius 2 is 1.68 bits per heavy atom. The van der Waals surface area contributed by atoms with Crippen LogP contribution in [-0.4, -0.2) is 18.5 Å². The average molecular weight is 465 g/mol. The van der Waals surface area contributed by atoms with E-state index in [0.29, 0.717) is 17.1 Å². The molecule has 1 atom stereocenters. The number of ether oxygens (including phenoxy) is 2. The number of benzene rings is 2. The Morgan fingerprint density at radius 3 is 2.29 bits per heavy atom. The molecule has 1 unspecified atom stereocenters. The molecule has 2 aromatic carbocycles. The average Bonchev–Trinajstić information content (AvgIpc) is 2.82. The Hall–Kier alpha value is -3.28. The zero-order valence-corrected chi connectivity index (χ0v) is 20.2. The fraction of sp³-hybridized carbons (Fsp3) is 0.429. The van der Waals surface area contributed by atoms with Gasteiger partial charge in [0.2, 0.25) is 0 Å². The second kappa shape index (κ2) is 12.3. The molecule has 1 aliphatic rings. The number of rotatable bonds is 9. The molecule has 34 heavy (non-hydrogen) atoms. The molecular formula is C28H36N2O4. The highest BCUT2D eigenvalue weighted by Crippen LogP contribution is 2.32. The van der Waals surface area contributed by atoms with Crippen LogP contribution in [0.5, 0.6) is 5.75 Å². The first-order chi connectivity index (χ1) is 16.3. The number of nitrogens with two attached hydrogens (primary N) is 2. The van der Waals surface area contributed by atoms with E-state index in [0.717, 1.165) is 42.7 Å². The lowest BCUT2D eigenvalue weighted by Gasteiger charge is -2.26. The Labute approximate surface area is 202 Å². The summed E-state index contributed by atoms with van der Waals surface area (Å²) in [5, 5.41) is 0. The number of carbonyl (C=O) groups is 2. The van der Waals surface area contributed by atoms with Crippen LogP contribution in [0.4, 0.5) is 11.4 Å². The highest BCUT2D eigenvalue weighted by molar-refractivity contribution is 5.87. The molecule has 1 saturated carbocycles. The van der Waals surface area contributed by atoms with Gasteiger partial charge >= 0.3 is 11.9 Å². The number of nitrogen functional groups attached to an aromatic ring is 2. The molecule has 0 bridgehead atoms. The van der Waals surface area contributed by atoms with Gasteiger partial charge in [0, 0.05) is 23.4 Å². The van der Waals surface area contributed by atoms with Crippen molar-refractivity contribution in [2.24, 2.45) is 11.8 Å². The first-order valence-corrected chi connectivity index (χ1v) is 12.2. The first kappa shape index (κ1) is 25.3. The minimum absolute atomic E-state index is 0.00592. The van der Waals surface area contributed by atoms with Crippen LogP contribution in [0, 0.1) is 11.8 Å². The summed E-state index contributed by atoms with van der Waals surface area (Å²) in [6, 6.07) is 12.5. The van der Waals surface area contributed by atoms with Crippen LogP contribution in [0.3, 0.4) is 0 Å². The summed E-state index contributed by atoms with van der Waals surface area (Å²) in [5.41, 5.74) is 14.6. The monoisotopic (exact) mass is 464 g/mol. The van der Waals surface area contributed by atoms with Gasteiger partial charge in [0.25, 0.3) is 0 Å². The SMILES string of the molecule is CCCC1CCC(C(=O)Oc2ccc(C=CC(=O)OCC(C)c3cc(N)cc(N)c3)cc2)CC1. The van der Waals surface area contributed by atoms with E-state index in [4.69, 9.17) is 20.9 Å². The Kier molecular flexibility index (Phi) is 9.14. The highest BCUT2D eigenvalue weighted by Gasteiger charge is 2.27. The smallest absolute Gasteiger partial charge is 0.330 e. The topological polar surface area (TPSA) is 105 Å². The molecule has 6 nitrogen and oxygen atoms in total. The highest BCUT2D eigenvalue weighted by atomic mass is 16.5. The van der Waals surface area contributed by atoms with E-state index in [1.165, 1.54) is 18.9 Å². The third-order valence-corrected chi connectivity index (χ3v) is 6.43. The van der Waals surface area contributed by atoms with E-state index in [1.54, 1.807) is 24.3 Å². The fourth-order valence-electron chi connectivity index (χ4n) is 4.44. The summed E-state index contributed by atoms with van der Waals surface area (Å²) >= 11 is 0. The second-order valence-electron chi connectivity index (χ2n) is 9.29. The number of esters is 2. The molecule has 4 N–H and O–H groups in total. The quantitative estimate of drug-likeness (QED) is 0.213. The molecule has 182 valence electrons. The van der Waals surface area contributed by atoms with Crippen molar-refractivity contribution < 1.29 is 19.1 Å². The van der Waals surface area contributed by atoms with Crippen molar-refractivity contribution in [2.75, 3.05) is 18.1 Å². The second-order valence-corrected chi connectivity index (χ2v) is 9.29. The molecule has 3 rings (SSSR count). The van der Waals surface area contributed by atoms with Crippen LogP contribution in [0.2, 0.25) is 0 Å². The van der Waals surface area contributed by atoms with E-state index >= 15 is 0 Å². The molecule has 0 radical (unpaired) electrons. The van der Waals surface area contributed by atoms with E-state index < -0.39 is 5.97 Å². The predicted molar refractivity (Wildman–Crippen MR) is 136 cm³/mol. The minimum atomic E-state index is -0.432. The minimum Gasteiger partial charge on any atom is -0.462 e. The number of anilines is 2. The van der Waals surface area contributed by atoms with Crippen LogP contribution < -0.4 is 16.2 Å². The third-order valence-electron chi connectivity index (χ3n) is 6.43. The van der Waals surface area contributed by atoms with Crippen molar-refractivity contribution in [1.82, 2.24) is 0 Å². The van der Waals surface area contributed by atoms with Gasteiger partial charge in [-0.2, -0.15) is 0 Å². The molecule has 0 aliphatic heterocycles. The van der Waals surface area contributed by atoms with Gasteiger partial charge in [-0.25, -0.2) is 4.79 Å². The fourth-order valence-corrected chi connectivity index (χ4v) is 4.44. The lowest BCUT2D eigenvalue weighted by molar-refractivity contribution is -0.140. The standard InChI is InChI=1S/C28H36N2O4/c1-3-4-20-5-10-22(11-6-20)28(32)34-26-12-7-21(8-13-26)9-14-27(31)33-18-19(2)23-15-24(29)17-25(30)16-23/h7-9,12-17,19-20,22H,3-6,10-11,18,29-30H2,1-2H3. The van der Waals surface area contributed by atoms with E-state index in [2.05, 4.69) is 6.92 Å². The Bertz CT molecular complexity index is 972. The summed E-state index contributed by atoms with van der Waals surface area (Å²) in [6.07, 6.45) is 9.56. The summed E-state index contributed by atoms with van der Waals surface area (Å²) in [4.78, 5) is 24.6. The number of hydrogen-bond acceptors (Lipinski definition) is 6. The zero-order valence-electron chi connectivity index (χ0n) is 20.2. The Morgan fingerprint density at radius 1 is 1.03 bits per heavy atom. The van der Waals surface area contributed by atoms with Crippen molar-refractivity contribution in [3.8, 4) is 5.75 Å². The van der Waals surface area contributed by atoms with Crippen molar-refractivity contribution in [3.05, 3.63) is 59.7 Å². The molecule has 0 spiro atoms. The molecule has 0 saturated heterocycles. The van der Waals surface area contributed by atoms with Gasteiger partial charge in [-0.15, -0.1) is 0 Å². The van der Waals surface area contributed by atoms with Crippen LogP contribution in [0.25, 0.3) is 6.08 Å². The summed E-state index contributed by atoms with van der Waals surface area (Å²) in [7, 11) is 0. The maximum absolute atomic E-state index is 12.5. The molecule has 0 amide bonds. The van der Waals surface area contributed by atoms with Crippen molar-refractivity contribution in [3.63, 3.8) is 0 Å². The summed E-state index contributed by atoms with van der Waals surface area (Å²) < 4.78 is 10.9. The molecule has 1 aliphatic carbocycles. The van der Waals surface area contributed by atoms with Gasteiger partial charge in [0.1, 0.15) is 5.75 Å². The van der Waals surface area contributed by atoms with Crippen LogP contribution in [0.15, 0.2) is 48.5 Å². The predicted octanol–water partition coefficient (Wildman–Crippen LogP) is 5.72. The Balaban J connectivity index is 1.44. The lowest BCUT2D eigenvalue weighted by atomic mass is 9.80. The summed E-state index contributed by atoms with van der Waals surface area (Å²) in [5.74, 6) is 0.671. The van der Waals surface area contributed by atoms with Crippen LogP contribution in [-0.2, 0) is 14.3 Å². The van der Waals surface area contributed by atoms with Gasteiger partial charge in [-0.3, -0.25) is 4.79 Å². The molecule has 2 aromatic rings. The maximum atomic E-state index is 12.5. The van der Waals surface area contributed by atoms with Gasteiger partial charge in [0.05, 0.1) is 12.5 Å². The zero-order chi connectivity index (χ0) is 24.5. The number of carbonyl (C=O) groups excluding carboxylic acids is 2. The van der Waals surface area contributed by atoms with E-state index in [-0.39, 0.29) is 24.4 Å². The van der Waals surface area contributed by atoms with Gasteiger partial charge in [-0.05, 0) is 79.1 Å². The summed E-state index contributed by atoms with van der Waals surface area (Å²) in [6.45, 7) is 4.38. The van der Waals surface area contributed by atoms with Crippen LogP contribution >= 0.6 is 0 Å². The van der Waals surface area contributed by atoms with Crippen molar-refractivity contribution >= 4 is 29.4 Å². The molecular weight excluding hydrogens is 428 g/mol. The first-order valence-electron chi connectivity index (χ1n) is 12.2. The largest absolute Gasteiger partial charge is 0.462 e. The van der Waals surface area contributed by atoms with Crippen molar-refractivity contribution in [2.45, 2.75) is 58.3 Å². The number of hydrogen-bond donors (Lipinski definition) is 2. The van der Waals surface area contributed by atoms with E-state index in [9.17, 15) is 9.59 Å². The normalized spacial score (nSPS) is 19.0. The third kappa shape index (κ3) is 7.65. The van der Waals surface area contributed by atoms with Crippen LogP contribution in [0.1, 0.15) is 69.4 Å². The lowest BCUT2D eigenvalue weighted by Crippen LogP contribution is -2.25. The van der Waals surface area contributed by atoms with Gasteiger partial charge in [0.15, 0.2) is 0 Å². The maximum Gasteiger partial charge on any atom is 0.330 e. The molecule has 6 heteroatoms.